The molecule has 2 N–H and O–H groups in total. The van der Waals surface area contributed by atoms with Crippen LogP contribution in [0.2, 0.25) is 5.02 Å². The van der Waals surface area contributed by atoms with Crippen molar-refractivity contribution in [2.75, 3.05) is 5.32 Å². The number of anilines is 1. The van der Waals surface area contributed by atoms with Crippen molar-refractivity contribution >= 4 is 60.8 Å². The van der Waals surface area contributed by atoms with Crippen LogP contribution in [0.25, 0.3) is 0 Å². The molecule has 1 heterocycles. The molecule has 0 unspecified atom stereocenters. The van der Waals surface area contributed by atoms with E-state index in [-0.39, 0.29) is 11.5 Å². The van der Waals surface area contributed by atoms with Crippen LogP contribution in [0.3, 0.4) is 0 Å². The molecule has 2 aromatic carbocycles. The van der Waals surface area contributed by atoms with E-state index in [9.17, 15) is 9.59 Å². The molecule has 0 radical (unpaired) electrons. The van der Waals surface area contributed by atoms with Gasteiger partial charge in [-0.1, -0.05) is 41.9 Å². The van der Waals surface area contributed by atoms with Crippen LogP contribution in [-0.4, -0.2) is 21.9 Å². The van der Waals surface area contributed by atoms with E-state index in [2.05, 4.69) is 47.4 Å². The summed E-state index contributed by atoms with van der Waals surface area (Å²) < 4.78 is 1.05. The van der Waals surface area contributed by atoms with Gasteiger partial charge in [0.1, 0.15) is 4.60 Å². The number of amides is 1. The molecule has 0 saturated carbocycles. The lowest BCUT2D eigenvalue weighted by Gasteiger charge is -2.10. The van der Waals surface area contributed by atoms with Crippen LogP contribution in [0.15, 0.2) is 57.6 Å². The van der Waals surface area contributed by atoms with E-state index in [1.807, 2.05) is 6.07 Å². The van der Waals surface area contributed by atoms with E-state index >= 15 is 0 Å². The highest BCUT2D eigenvalue weighted by molar-refractivity contribution is 9.13. The molecule has 0 aliphatic heterocycles. The third kappa shape index (κ3) is 3.84. The number of rotatable bonds is 4. The molecule has 0 atom stereocenters. The van der Waals surface area contributed by atoms with Crippen molar-refractivity contribution in [3.63, 3.8) is 0 Å². The molecule has 1 aromatic heterocycles. The predicted octanol–water partition coefficient (Wildman–Crippen LogP) is 5.07. The molecule has 8 heteroatoms. The Kier molecular flexibility index (Phi) is 5.36. The summed E-state index contributed by atoms with van der Waals surface area (Å²) >= 11 is 12.5. The Morgan fingerprint density at radius 3 is 2.44 bits per heavy atom. The third-order valence-electron chi connectivity index (χ3n) is 3.39. The van der Waals surface area contributed by atoms with E-state index in [0.29, 0.717) is 30.9 Å². The quantitative estimate of drug-likeness (QED) is 0.509. The molecule has 0 spiro atoms. The van der Waals surface area contributed by atoms with Gasteiger partial charge < -0.3 is 5.32 Å². The molecular weight excluding hydrogens is 473 g/mol. The van der Waals surface area contributed by atoms with Crippen molar-refractivity contribution in [3.05, 3.63) is 79.5 Å². The molecule has 25 heavy (non-hydrogen) atoms. The first-order valence-corrected chi connectivity index (χ1v) is 9.04. The number of carbonyl (C=O) groups is 2. The highest BCUT2D eigenvalue weighted by Crippen LogP contribution is 2.27. The zero-order chi connectivity index (χ0) is 18.0. The lowest BCUT2D eigenvalue weighted by Crippen LogP contribution is -2.16. The normalized spacial score (nSPS) is 10.5. The number of nitrogens with zero attached hydrogens (tertiary/aromatic N) is 1. The first-order chi connectivity index (χ1) is 12.0. The molecule has 0 bridgehead atoms. The van der Waals surface area contributed by atoms with Gasteiger partial charge in [0.25, 0.3) is 5.91 Å². The number of benzene rings is 2. The number of halogens is 3. The lowest BCUT2D eigenvalue weighted by molar-refractivity contribution is 0.102. The standard InChI is InChI=1S/C17H10Br2ClN3O2/c18-13-14(22-23-16(13)19)17(25)21-12-7-6-10(20)8-11(12)15(24)9-4-2-1-3-5-9/h1-8H,(H,21,25)(H,22,23). The summed E-state index contributed by atoms with van der Waals surface area (Å²) in [5.74, 6) is -0.695. The zero-order valence-electron chi connectivity index (χ0n) is 12.5. The second kappa shape index (κ2) is 7.51. The fourth-order valence-electron chi connectivity index (χ4n) is 2.20. The van der Waals surface area contributed by atoms with Crippen molar-refractivity contribution in [2.24, 2.45) is 0 Å². The minimum Gasteiger partial charge on any atom is -0.320 e. The molecule has 0 aliphatic carbocycles. The van der Waals surface area contributed by atoms with Crippen molar-refractivity contribution in [2.45, 2.75) is 0 Å². The summed E-state index contributed by atoms with van der Waals surface area (Å²) in [6, 6.07) is 13.5. The van der Waals surface area contributed by atoms with Crippen molar-refractivity contribution < 1.29 is 9.59 Å². The van der Waals surface area contributed by atoms with Crippen LogP contribution < -0.4 is 5.32 Å². The van der Waals surface area contributed by atoms with E-state index in [4.69, 9.17) is 11.6 Å². The van der Waals surface area contributed by atoms with E-state index in [0.717, 1.165) is 0 Å². The van der Waals surface area contributed by atoms with Crippen LogP contribution in [0, 0.1) is 0 Å². The third-order valence-corrected chi connectivity index (χ3v) is 5.51. The number of nitrogens with one attached hydrogen (secondary N) is 2. The first kappa shape index (κ1) is 17.8. The summed E-state index contributed by atoms with van der Waals surface area (Å²) in [6.45, 7) is 0. The summed E-state index contributed by atoms with van der Waals surface area (Å²) in [5.41, 5.74) is 1.33. The summed E-state index contributed by atoms with van der Waals surface area (Å²) in [5, 5.41) is 9.68. The summed E-state index contributed by atoms with van der Waals surface area (Å²) in [6.07, 6.45) is 0. The summed E-state index contributed by atoms with van der Waals surface area (Å²) in [4.78, 5) is 25.2. The maximum atomic E-state index is 12.8. The number of aromatic nitrogens is 2. The van der Waals surface area contributed by atoms with Crippen LogP contribution in [0.4, 0.5) is 5.69 Å². The Bertz CT molecular complexity index is 958. The van der Waals surface area contributed by atoms with Gasteiger partial charge in [-0.2, -0.15) is 5.10 Å². The van der Waals surface area contributed by atoms with Gasteiger partial charge in [-0.25, -0.2) is 0 Å². The van der Waals surface area contributed by atoms with Gasteiger partial charge in [0, 0.05) is 16.1 Å². The fraction of sp³-hybridized carbons (Fsp3) is 0. The Balaban J connectivity index is 1.96. The van der Waals surface area contributed by atoms with Gasteiger partial charge in [0.2, 0.25) is 0 Å². The van der Waals surface area contributed by atoms with E-state index < -0.39 is 5.91 Å². The second-order valence-electron chi connectivity index (χ2n) is 5.04. The molecule has 0 fully saturated rings. The molecular formula is C17H10Br2ClN3O2. The monoisotopic (exact) mass is 481 g/mol. The van der Waals surface area contributed by atoms with Gasteiger partial charge in [-0.15, -0.1) is 0 Å². The SMILES string of the molecule is O=C(c1ccccc1)c1cc(Cl)ccc1NC(=O)c1n[nH]c(Br)c1Br. The van der Waals surface area contributed by atoms with Crippen LogP contribution >= 0.6 is 43.5 Å². The van der Waals surface area contributed by atoms with Crippen molar-refractivity contribution in [1.29, 1.82) is 0 Å². The van der Waals surface area contributed by atoms with Gasteiger partial charge in [-0.05, 0) is 50.1 Å². The number of H-pyrrole nitrogens is 1. The van der Waals surface area contributed by atoms with Gasteiger partial charge in [-0.3, -0.25) is 14.7 Å². The van der Waals surface area contributed by atoms with Crippen molar-refractivity contribution in [1.82, 2.24) is 10.2 Å². The number of carbonyl (C=O) groups excluding carboxylic acids is 2. The largest absolute Gasteiger partial charge is 0.320 e. The average Bonchev–Trinajstić information content (AvgIpc) is 2.96. The number of hydrogen-bond acceptors (Lipinski definition) is 3. The molecule has 0 saturated heterocycles. The van der Waals surface area contributed by atoms with Gasteiger partial charge >= 0.3 is 0 Å². The Labute approximate surface area is 165 Å². The van der Waals surface area contributed by atoms with Crippen LogP contribution in [0.1, 0.15) is 26.4 Å². The van der Waals surface area contributed by atoms with E-state index in [1.54, 1.807) is 36.4 Å². The zero-order valence-corrected chi connectivity index (χ0v) is 16.4. The smallest absolute Gasteiger partial charge is 0.277 e. The number of hydrogen-bond donors (Lipinski definition) is 2. The molecule has 5 nitrogen and oxygen atoms in total. The van der Waals surface area contributed by atoms with E-state index in [1.165, 1.54) is 6.07 Å². The minimum absolute atomic E-state index is 0.167. The maximum Gasteiger partial charge on any atom is 0.277 e. The minimum atomic E-state index is -0.460. The molecule has 126 valence electrons. The van der Waals surface area contributed by atoms with Gasteiger partial charge in [0.15, 0.2) is 11.5 Å². The molecule has 3 aromatic rings. The Morgan fingerprint density at radius 1 is 1.08 bits per heavy atom. The Hall–Kier alpha value is -1.96. The first-order valence-electron chi connectivity index (χ1n) is 7.07. The van der Waals surface area contributed by atoms with Crippen LogP contribution in [-0.2, 0) is 0 Å². The second-order valence-corrected chi connectivity index (χ2v) is 7.06. The summed E-state index contributed by atoms with van der Waals surface area (Å²) in [7, 11) is 0. The predicted molar refractivity (Wildman–Crippen MR) is 103 cm³/mol. The fourth-order valence-corrected chi connectivity index (χ4v) is 3.00. The Morgan fingerprint density at radius 2 is 1.80 bits per heavy atom. The maximum absolute atomic E-state index is 12.8. The lowest BCUT2D eigenvalue weighted by atomic mass is 10.0. The van der Waals surface area contributed by atoms with Crippen LogP contribution in [0.5, 0.6) is 0 Å². The van der Waals surface area contributed by atoms with Gasteiger partial charge in [0.05, 0.1) is 10.2 Å². The topological polar surface area (TPSA) is 74.8 Å². The van der Waals surface area contributed by atoms with Crippen molar-refractivity contribution in [3.8, 4) is 0 Å². The molecule has 3 rings (SSSR count). The average molecular weight is 484 g/mol. The number of ketones is 1. The highest BCUT2D eigenvalue weighted by atomic mass is 79.9. The molecule has 0 aliphatic rings. The number of aromatic amines is 1. The highest BCUT2D eigenvalue weighted by Gasteiger charge is 2.20. The molecule has 1 amide bonds.